The fourth-order valence-corrected chi connectivity index (χ4v) is 1.85. The molecule has 1 unspecified atom stereocenters. The van der Waals surface area contributed by atoms with E-state index in [4.69, 9.17) is 5.73 Å². The number of nitrogens with one attached hydrogen (secondary N) is 1. The molecule has 1 aromatic rings. The lowest BCUT2D eigenvalue weighted by Gasteiger charge is -2.26. The van der Waals surface area contributed by atoms with E-state index >= 15 is 0 Å². The van der Waals surface area contributed by atoms with Crippen LogP contribution in [0, 0.1) is 6.92 Å². The summed E-state index contributed by atoms with van der Waals surface area (Å²) in [6, 6.07) is 0.123. The van der Waals surface area contributed by atoms with Crippen molar-refractivity contribution in [3.8, 4) is 0 Å². The molecule has 0 aliphatic carbocycles. The second-order valence-corrected chi connectivity index (χ2v) is 3.51. The number of nitrogens with two attached hydrogens (primary N) is 1. The molecular weight excluding hydrogens is 152 g/mol. The minimum Gasteiger partial charge on any atom is -0.323 e. The van der Waals surface area contributed by atoms with Crippen molar-refractivity contribution in [1.29, 1.82) is 0 Å². The highest BCUT2D eigenvalue weighted by Gasteiger charge is 2.24. The standard InChI is InChI=1S/C8H14N4/c1-5-8-6(9)3-12(2)4-7(8)11-10-5/h6H,3-4,9H2,1-2H3,(H,10,11). The third-order valence-electron chi connectivity index (χ3n) is 2.37. The number of hydrogen-bond donors (Lipinski definition) is 2. The summed E-state index contributed by atoms with van der Waals surface area (Å²) in [5, 5.41) is 7.18. The molecule has 0 amide bonds. The van der Waals surface area contributed by atoms with Crippen molar-refractivity contribution >= 4 is 0 Å². The van der Waals surface area contributed by atoms with Crippen LogP contribution in [0.2, 0.25) is 0 Å². The Hall–Kier alpha value is -0.870. The average molecular weight is 166 g/mol. The molecule has 0 saturated carbocycles. The zero-order valence-electron chi connectivity index (χ0n) is 7.46. The summed E-state index contributed by atoms with van der Waals surface area (Å²) in [4.78, 5) is 2.19. The van der Waals surface area contributed by atoms with Crippen LogP contribution < -0.4 is 5.73 Å². The van der Waals surface area contributed by atoms with Crippen molar-refractivity contribution in [1.82, 2.24) is 15.1 Å². The lowest BCUT2D eigenvalue weighted by Crippen LogP contribution is -2.34. The largest absolute Gasteiger partial charge is 0.323 e. The highest BCUT2D eigenvalue weighted by atomic mass is 15.2. The average Bonchev–Trinajstić information content (AvgIpc) is 2.31. The quantitative estimate of drug-likeness (QED) is 0.577. The number of H-pyrrole nitrogens is 1. The van der Waals surface area contributed by atoms with Gasteiger partial charge in [0.2, 0.25) is 0 Å². The van der Waals surface area contributed by atoms with Crippen LogP contribution in [-0.2, 0) is 6.54 Å². The molecular formula is C8H14N4. The molecule has 0 radical (unpaired) electrons. The summed E-state index contributed by atoms with van der Waals surface area (Å²) in [7, 11) is 2.06. The van der Waals surface area contributed by atoms with Gasteiger partial charge in [-0.15, -0.1) is 0 Å². The number of aromatic nitrogens is 2. The Kier molecular flexibility index (Phi) is 1.66. The summed E-state index contributed by atoms with van der Waals surface area (Å²) in [5.74, 6) is 0. The number of hydrogen-bond acceptors (Lipinski definition) is 3. The molecule has 0 fully saturated rings. The molecule has 2 heterocycles. The highest BCUT2D eigenvalue weighted by Crippen LogP contribution is 2.24. The van der Waals surface area contributed by atoms with Gasteiger partial charge in [0, 0.05) is 30.4 Å². The molecule has 1 aliphatic heterocycles. The molecule has 1 atom stereocenters. The van der Waals surface area contributed by atoms with Crippen molar-refractivity contribution in [3.05, 3.63) is 17.0 Å². The first-order valence-electron chi connectivity index (χ1n) is 4.16. The number of nitrogens with zero attached hydrogens (tertiary/aromatic N) is 2. The Morgan fingerprint density at radius 1 is 1.67 bits per heavy atom. The van der Waals surface area contributed by atoms with Crippen LogP contribution in [0.5, 0.6) is 0 Å². The fraction of sp³-hybridized carbons (Fsp3) is 0.625. The van der Waals surface area contributed by atoms with Crippen LogP contribution in [0.25, 0.3) is 0 Å². The van der Waals surface area contributed by atoms with Crippen molar-refractivity contribution < 1.29 is 0 Å². The Balaban J connectivity index is 2.43. The summed E-state index contributed by atoms with van der Waals surface area (Å²) in [6.45, 7) is 3.86. The van der Waals surface area contributed by atoms with Crippen molar-refractivity contribution in [2.45, 2.75) is 19.5 Å². The van der Waals surface area contributed by atoms with E-state index in [0.717, 1.165) is 24.5 Å². The summed E-state index contributed by atoms with van der Waals surface area (Å²) in [5.41, 5.74) is 9.42. The van der Waals surface area contributed by atoms with E-state index in [1.807, 2.05) is 6.92 Å². The van der Waals surface area contributed by atoms with Gasteiger partial charge in [-0.2, -0.15) is 5.10 Å². The van der Waals surface area contributed by atoms with Crippen molar-refractivity contribution in [2.24, 2.45) is 5.73 Å². The van der Waals surface area contributed by atoms with Gasteiger partial charge in [-0.05, 0) is 14.0 Å². The smallest absolute Gasteiger partial charge is 0.0813 e. The molecule has 12 heavy (non-hydrogen) atoms. The van der Waals surface area contributed by atoms with Crippen molar-refractivity contribution in [2.75, 3.05) is 13.6 Å². The molecule has 0 bridgehead atoms. The molecule has 66 valence electrons. The Labute approximate surface area is 71.7 Å². The predicted octanol–water partition coefficient (Wildman–Crippen LogP) is 0.163. The number of aryl methyl sites for hydroxylation is 1. The Morgan fingerprint density at radius 3 is 3.17 bits per heavy atom. The molecule has 1 aromatic heterocycles. The first kappa shape index (κ1) is 7.76. The predicted molar refractivity (Wildman–Crippen MR) is 46.6 cm³/mol. The minimum absolute atomic E-state index is 0.123. The van der Waals surface area contributed by atoms with E-state index in [2.05, 4.69) is 22.1 Å². The van der Waals surface area contributed by atoms with E-state index in [1.165, 1.54) is 5.56 Å². The number of fused-ring (bicyclic) bond motifs is 1. The molecule has 2 rings (SSSR count). The molecule has 4 nitrogen and oxygen atoms in total. The molecule has 0 aromatic carbocycles. The van der Waals surface area contributed by atoms with Crippen LogP contribution in [0.4, 0.5) is 0 Å². The van der Waals surface area contributed by atoms with E-state index in [1.54, 1.807) is 0 Å². The van der Waals surface area contributed by atoms with Gasteiger partial charge in [-0.25, -0.2) is 0 Å². The van der Waals surface area contributed by atoms with Crippen LogP contribution >= 0.6 is 0 Å². The van der Waals surface area contributed by atoms with E-state index in [9.17, 15) is 0 Å². The maximum absolute atomic E-state index is 5.98. The van der Waals surface area contributed by atoms with Crippen molar-refractivity contribution in [3.63, 3.8) is 0 Å². The SMILES string of the molecule is Cc1[nH]nc2c1C(N)CN(C)C2. The number of likely N-dealkylation sites (N-methyl/N-ethyl adjacent to an activating group) is 1. The Bertz CT molecular complexity index is 291. The first-order valence-corrected chi connectivity index (χ1v) is 4.16. The molecule has 0 saturated heterocycles. The monoisotopic (exact) mass is 166 g/mol. The lowest BCUT2D eigenvalue weighted by atomic mass is 10.0. The van der Waals surface area contributed by atoms with Gasteiger partial charge >= 0.3 is 0 Å². The normalized spacial score (nSPS) is 24.1. The van der Waals surface area contributed by atoms with E-state index < -0.39 is 0 Å². The first-order chi connectivity index (χ1) is 5.68. The van der Waals surface area contributed by atoms with Gasteiger partial charge in [0.1, 0.15) is 0 Å². The maximum Gasteiger partial charge on any atom is 0.0813 e. The lowest BCUT2D eigenvalue weighted by molar-refractivity contribution is 0.279. The molecule has 4 heteroatoms. The zero-order chi connectivity index (χ0) is 8.72. The second-order valence-electron chi connectivity index (χ2n) is 3.51. The summed E-state index contributed by atoms with van der Waals surface area (Å²) >= 11 is 0. The topological polar surface area (TPSA) is 57.9 Å². The van der Waals surface area contributed by atoms with Gasteiger partial charge in [-0.3, -0.25) is 10.00 Å². The summed E-state index contributed by atoms with van der Waals surface area (Å²) in [6.07, 6.45) is 0. The van der Waals surface area contributed by atoms with Crippen LogP contribution in [-0.4, -0.2) is 28.7 Å². The van der Waals surface area contributed by atoms with Gasteiger partial charge in [-0.1, -0.05) is 0 Å². The molecule has 3 N–H and O–H groups in total. The van der Waals surface area contributed by atoms with Crippen LogP contribution in [0.15, 0.2) is 0 Å². The van der Waals surface area contributed by atoms with Crippen LogP contribution in [0.3, 0.4) is 0 Å². The number of rotatable bonds is 0. The van der Waals surface area contributed by atoms with Gasteiger partial charge < -0.3 is 5.73 Å². The van der Waals surface area contributed by atoms with Gasteiger partial charge in [0.15, 0.2) is 0 Å². The van der Waals surface area contributed by atoms with Crippen LogP contribution in [0.1, 0.15) is 23.0 Å². The third-order valence-corrected chi connectivity index (χ3v) is 2.37. The van der Waals surface area contributed by atoms with E-state index in [-0.39, 0.29) is 6.04 Å². The highest BCUT2D eigenvalue weighted by molar-refractivity contribution is 5.29. The molecule has 0 spiro atoms. The van der Waals surface area contributed by atoms with Gasteiger partial charge in [0.05, 0.1) is 5.69 Å². The zero-order valence-corrected chi connectivity index (χ0v) is 7.46. The van der Waals surface area contributed by atoms with E-state index in [0.29, 0.717) is 0 Å². The Morgan fingerprint density at radius 2 is 2.42 bits per heavy atom. The third kappa shape index (κ3) is 1.04. The minimum atomic E-state index is 0.123. The van der Waals surface area contributed by atoms with Gasteiger partial charge in [0.25, 0.3) is 0 Å². The summed E-state index contributed by atoms with van der Waals surface area (Å²) < 4.78 is 0. The second kappa shape index (κ2) is 2.57. The maximum atomic E-state index is 5.98. The number of aromatic amines is 1. The fourth-order valence-electron chi connectivity index (χ4n) is 1.85. The molecule has 1 aliphatic rings.